The van der Waals surface area contributed by atoms with Crippen LogP contribution in [0.2, 0.25) is 0 Å². The van der Waals surface area contributed by atoms with E-state index >= 15 is 0 Å². The van der Waals surface area contributed by atoms with Gasteiger partial charge in [-0.05, 0) is 44.7 Å². The van der Waals surface area contributed by atoms with Crippen LogP contribution in [0, 0.1) is 11.3 Å². The summed E-state index contributed by atoms with van der Waals surface area (Å²) in [7, 11) is 1.78. The van der Waals surface area contributed by atoms with Gasteiger partial charge in [0.2, 0.25) is 11.1 Å². The largest absolute Gasteiger partial charge is 0.326 e. The van der Waals surface area contributed by atoms with Crippen LogP contribution >= 0.6 is 11.8 Å². The normalized spacial score (nSPS) is 19.3. The Bertz CT molecular complexity index is 909. The number of benzene rings is 1. The fourth-order valence-electron chi connectivity index (χ4n) is 4.07. The molecule has 1 aromatic carbocycles. The smallest absolute Gasteiger partial charge is 0.236 e. The first-order valence-electron chi connectivity index (χ1n) is 10.4. The Morgan fingerprint density at radius 1 is 1.28 bits per heavy atom. The number of carbonyl (C=O) groups is 1. The summed E-state index contributed by atoms with van der Waals surface area (Å²) in [6.07, 6.45) is 6.93. The van der Waals surface area contributed by atoms with Gasteiger partial charge in [-0.1, -0.05) is 49.2 Å². The van der Waals surface area contributed by atoms with Crippen LogP contribution in [0.1, 0.15) is 63.6 Å². The van der Waals surface area contributed by atoms with Crippen LogP contribution in [-0.4, -0.2) is 43.4 Å². The Labute approximate surface area is 176 Å². The Hall–Kier alpha value is -2.33. The van der Waals surface area contributed by atoms with Crippen molar-refractivity contribution in [3.63, 3.8) is 0 Å². The molecule has 1 amide bonds. The monoisotopic (exact) mass is 409 g/mol. The Morgan fingerprint density at radius 2 is 1.97 bits per heavy atom. The van der Waals surface area contributed by atoms with E-state index in [0.29, 0.717) is 11.1 Å². The second-order valence-electron chi connectivity index (χ2n) is 8.14. The number of aromatic nitrogens is 3. The van der Waals surface area contributed by atoms with Crippen LogP contribution < -0.4 is 0 Å². The van der Waals surface area contributed by atoms with Gasteiger partial charge in [0.1, 0.15) is 11.4 Å². The average Bonchev–Trinajstić information content (AvgIpc) is 3.53. The van der Waals surface area contributed by atoms with Gasteiger partial charge in [0.05, 0.1) is 17.0 Å². The van der Waals surface area contributed by atoms with Crippen molar-refractivity contribution in [1.29, 1.82) is 5.26 Å². The Morgan fingerprint density at radius 3 is 2.59 bits per heavy atom. The maximum atomic E-state index is 13.1. The minimum atomic E-state index is -0.667. The minimum absolute atomic E-state index is 0.0255. The van der Waals surface area contributed by atoms with Gasteiger partial charge in [0.25, 0.3) is 0 Å². The van der Waals surface area contributed by atoms with Crippen molar-refractivity contribution < 1.29 is 4.79 Å². The number of amides is 1. The molecule has 2 aliphatic carbocycles. The number of nitrogens with zero attached hydrogens (tertiary/aromatic N) is 5. The molecule has 0 N–H and O–H groups in total. The van der Waals surface area contributed by atoms with Crippen molar-refractivity contribution >= 4 is 17.7 Å². The molecule has 2 aromatic rings. The highest BCUT2D eigenvalue weighted by Gasteiger charge is 2.40. The Kier molecular flexibility index (Phi) is 5.64. The van der Waals surface area contributed by atoms with E-state index in [1.165, 1.54) is 11.8 Å². The molecule has 1 aromatic heterocycles. The number of carbonyl (C=O) groups excluding carboxylic acids is 1. The van der Waals surface area contributed by atoms with Crippen LogP contribution in [0.15, 0.2) is 35.5 Å². The molecule has 0 unspecified atom stereocenters. The van der Waals surface area contributed by atoms with Crippen molar-refractivity contribution in [2.24, 2.45) is 0 Å². The molecular formula is C22H27N5OS. The van der Waals surface area contributed by atoms with Gasteiger partial charge < -0.3 is 4.90 Å². The zero-order chi connectivity index (χ0) is 20.4. The predicted molar refractivity (Wildman–Crippen MR) is 113 cm³/mol. The van der Waals surface area contributed by atoms with E-state index in [1.807, 2.05) is 41.9 Å². The summed E-state index contributed by atoms with van der Waals surface area (Å²) in [6.45, 7) is 1.89. The van der Waals surface area contributed by atoms with Gasteiger partial charge in [-0.25, -0.2) is 9.67 Å². The second-order valence-corrected chi connectivity index (χ2v) is 9.44. The van der Waals surface area contributed by atoms with Crippen LogP contribution in [-0.2, 0) is 4.79 Å². The number of nitriles is 1. The molecule has 29 heavy (non-hydrogen) atoms. The van der Waals surface area contributed by atoms with Crippen molar-refractivity contribution in [3.05, 3.63) is 36.2 Å². The molecule has 1 atom stereocenters. The van der Waals surface area contributed by atoms with Gasteiger partial charge in [-0.2, -0.15) is 5.26 Å². The number of rotatable bonds is 6. The molecule has 0 bridgehead atoms. The molecule has 0 aliphatic heterocycles. The highest BCUT2D eigenvalue weighted by atomic mass is 32.2. The number of hydrogen-bond acceptors (Lipinski definition) is 5. The fraction of sp³-hybridized carbons (Fsp3) is 0.545. The first kappa shape index (κ1) is 20.0. The maximum Gasteiger partial charge on any atom is 0.236 e. The second kappa shape index (κ2) is 8.19. The van der Waals surface area contributed by atoms with Crippen molar-refractivity contribution in [3.8, 4) is 11.8 Å². The van der Waals surface area contributed by atoms with Crippen LogP contribution in [0.5, 0.6) is 0 Å². The standard InChI is InChI=1S/C22H27N5OS/c1-16(20(28)26(2)22(15-23)13-7-4-8-14-22)29-21-24-19(17-11-12-17)27(25-21)18-9-5-3-6-10-18/h3,5-6,9-10,16-17H,4,7-8,11-14H2,1-2H3/t16-/m0/s1. The van der Waals surface area contributed by atoms with E-state index in [9.17, 15) is 10.1 Å². The fourth-order valence-corrected chi connectivity index (χ4v) is 4.92. The lowest BCUT2D eigenvalue weighted by atomic mass is 9.81. The molecule has 4 rings (SSSR count). The van der Waals surface area contributed by atoms with Crippen LogP contribution in [0.3, 0.4) is 0 Å². The number of thioether (sulfide) groups is 1. The third-order valence-corrected chi connectivity index (χ3v) is 6.99. The summed E-state index contributed by atoms with van der Waals surface area (Å²) in [5.74, 6) is 1.41. The highest BCUT2D eigenvalue weighted by Crippen LogP contribution is 2.41. The molecule has 0 spiro atoms. The minimum Gasteiger partial charge on any atom is -0.326 e. The Balaban J connectivity index is 1.52. The number of para-hydroxylation sites is 1. The van der Waals surface area contributed by atoms with Crippen LogP contribution in [0.4, 0.5) is 0 Å². The summed E-state index contributed by atoms with van der Waals surface area (Å²) in [5, 5.41) is 14.8. The lowest BCUT2D eigenvalue weighted by molar-refractivity contribution is -0.133. The van der Waals surface area contributed by atoms with Crippen LogP contribution in [0.25, 0.3) is 5.69 Å². The third-order valence-electron chi connectivity index (χ3n) is 6.05. The quantitative estimate of drug-likeness (QED) is 0.665. The van der Waals surface area contributed by atoms with E-state index in [2.05, 4.69) is 6.07 Å². The number of hydrogen-bond donors (Lipinski definition) is 0. The predicted octanol–water partition coefficient (Wildman–Crippen LogP) is 4.31. The molecule has 2 aliphatic rings. The molecule has 7 heteroatoms. The SMILES string of the molecule is C[C@H](Sc1nc(C2CC2)n(-c2ccccc2)n1)C(=O)N(C)C1(C#N)CCCCC1. The van der Waals surface area contributed by atoms with Gasteiger partial charge in [0, 0.05) is 13.0 Å². The molecule has 1 heterocycles. The van der Waals surface area contributed by atoms with Gasteiger partial charge in [-0.15, -0.1) is 5.10 Å². The third kappa shape index (κ3) is 4.04. The van der Waals surface area contributed by atoms with E-state index in [4.69, 9.17) is 10.1 Å². The summed E-state index contributed by atoms with van der Waals surface area (Å²) in [6, 6.07) is 12.5. The van der Waals surface area contributed by atoms with E-state index < -0.39 is 5.54 Å². The maximum absolute atomic E-state index is 13.1. The highest BCUT2D eigenvalue weighted by molar-refractivity contribution is 8.00. The summed E-state index contributed by atoms with van der Waals surface area (Å²) < 4.78 is 1.92. The van der Waals surface area contributed by atoms with Crippen molar-refractivity contribution in [1.82, 2.24) is 19.7 Å². The molecule has 2 saturated carbocycles. The van der Waals surface area contributed by atoms with Gasteiger partial charge in [0.15, 0.2) is 0 Å². The molecule has 0 radical (unpaired) electrons. The van der Waals surface area contributed by atoms with E-state index in [-0.39, 0.29) is 11.2 Å². The summed E-state index contributed by atoms with van der Waals surface area (Å²) >= 11 is 1.38. The van der Waals surface area contributed by atoms with E-state index in [0.717, 1.165) is 56.5 Å². The zero-order valence-electron chi connectivity index (χ0n) is 17.0. The molecule has 6 nitrogen and oxygen atoms in total. The molecular weight excluding hydrogens is 382 g/mol. The van der Waals surface area contributed by atoms with E-state index in [1.54, 1.807) is 11.9 Å². The molecule has 2 fully saturated rings. The van der Waals surface area contributed by atoms with Gasteiger partial charge in [-0.3, -0.25) is 4.79 Å². The van der Waals surface area contributed by atoms with Crippen molar-refractivity contribution in [2.45, 2.75) is 73.7 Å². The molecule has 152 valence electrons. The summed E-state index contributed by atoms with van der Waals surface area (Å²) in [5.41, 5.74) is 0.329. The lowest BCUT2D eigenvalue weighted by Gasteiger charge is -2.39. The first-order chi connectivity index (χ1) is 14.0. The van der Waals surface area contributed by atoms with Crippen molar-refractivity contribution in [2.75, 3.05) is 7.05 Å². The average molecular weight is 410 g/mol. The lowest BCUT2D eigenvalue weighted by Crippen LogP contribution is -2.52. The summed E-state index contributed by atoms with van der Waals surface area (Å²) in [4.78, 5) is 19.6. The first-order valence-corrected chi connectivity index (χ1v) is 11.3. The topological polar surface area (TPSA) is 74.8 Å². The van der Waals surface area contributed by atoms with Gasteiger partial charge >= 0.3 is 0 Å². The molecule has 0 saturated heterocycles. The zero-order valence-corrected chi connectivity index (χ0v) is 17.9.